The van der Waals surface area contributed by atoms with E-state index >= 15 is 0 Å². The largest absolute Gasteiger partial charge is 0.411 e. The first-order valence-corrected chi connectivity index (χ1v) is 6.11. The van der Waals surface area contributed by atoms with Gasteiger partial charge in [-0.3, -0.25) is 0 Å². The molecule has 0 saturated carbocycles. The Hall–Kier alpha value is -1.61. The standard InChI is InChI=1S/C13H11NOS/c15-14-12-8-11(9-4-2-1-3-5-9)10-6-7-16-13(10)12/h1-7,11,15H,8H2/b14-12+/t11-/m0/s1. The molecular weight excluding hydrogens is 218 g/mol. The summed E-state index contributed by atoms with van der Waals surface area (Å²) in [6, 6.07) is 12.5. The molecule has 2 nitrogen and oxygen atoms in total. The third-order valence-electron chi connectivity index (χ3n) is 3.05. The van der Waals surface area contributed by atoms with Gasteiger partial charge in [-0.2, -0.15) is 0 Å². The lowest BCUT2D eigenvalue weighted by atomic mass is 9.94. The first-order chi connectivity index (χ1) is 7.90. The van der Waals surface area contributed by atoms with Crippen LogP contribution in [0.4, 0.5) is 0 Å². The molecule has 0 aliphatic heterocycles. The van der Waals surface area contributed by atoms with Gasteiger partial charge in [-0.15, -0.1) is 11.3 Å². The fourth-order valence-corrected chi connectivity index (χ4v) is 3.25. The maximum atomic E-state index is 8.99. The fourth-order valence-electron chi connectivity index (χ4n) is 2.29. The number of nitrogens with zero attached hydrogens (tertiary/aromatic N) is 1. The molecule has 0 unspecified atom stereocenters. The molecule has 0 spiro atoms. The van der Waals surface area contributed by atoms with Crippen molar-refractivity contribution in [1.82, 2.24) is 0 Å². The van der Waals surface area contributed by atoms with Crippen molar-refractivity contribution in [2.24, 2.45) is 5.16 Å². The lowest BCUT2D eigenvalue weighted by Crippen LogP contribution is -1.97. The van der Waals surface area contributed by atoms with Gasteiger partial charge >= 0.3 is 0 Å². The third-order valence-corrected chi connectivity index (χ3v) is 4.03. The Morgan fingerprint density at radius 1 is 1.19 bits per heavy atom. The number of oxime groups is 1. The Morgan fingerprint density at radius 3 is 2.75 bits per heavy atom. The number of hydrogen-bond donors (Lipinski definition) is 1. The zero-order chi connectivity index (χ0) is 11.0. The van der Waals surface area contributed by atoms with Gasteiger partial charge in [0.1, 0.15) is 0 Å². The average Bonchev–Trinajstić information content (AvgIpc) is 2.91. The predicted octanol–water partition coefficient (Wildman–Crippen LogP) is 3.46. The summed E-state index contributed by atoms with van der Waals surface area (Å²) in [5.41, 5.74) is 3.41. The maximum Gasteiger partial charge on any atom is 0.0979 e. The topological polar surface area (TPSA) is 32.6 Å². The summed E-state index contributed by atoms with van der Waals surface area (Å²) in [5, 5.41) is 14.5. The van der Waals surface area contributed by atoms with Crippen LogP contribution >= 0.6 is 11.3 Å². The molecule has 1 N–H and O–H groups in total. The summed E-state index contributed by atoms with van der Waals surface area (Å²) < 4.78 is 0. The Bertz CT molecular complexity index is 530. The fraction of sp³-hybridized carbons (Fsp3) is 0.154. The van der Waals surface area contributed by atoms with Gasteiger partial charge in [0.2, 0.25) is 0 Å². The van der Waals surface area contributed by atoms with Crippen molar-refractivity contribution >= 4 is 17.0 Å². The summed E-state index contributed by atoms with van der Waals surface area (Å²) in [6.45, 7) is 0. The Kier molecular flexibility index (Phi) is 2.26. The average molecular weight is 229 g/mol. The molecule has 1 aromatic carbocycles. The van der Waals surface area contributed by atoms with Gasteiger partial charge in [0, 0.05) is 12.3 Å². The molecule has 0 fully saturated rings. The van der Waals surface area contributed by atoms with Crippen molar-refractivity contribution in [1.29, 1.82) is 0 Å². The minimum Gasteiger partial charge on any atom is -0.411 e. The van der Waals surface area contributed by atoms with Gasteiger partial charge in [0.15, 0.2) is 0 Å². The molecule has 1 atom stereocenters. The number of rotatable bonds is 1. The van der Waals surface area contributed by atoms with E-state index in [4.69, 9.17) is 5.21 Å². The number of thiophene rings is 1. The predicted molar refractivity (Wildman–Crippen MR) is 65.5 cm³/mol. The van der Waals surface area contributed by atoms with E-state index in [1.165, 1.54) is 11.1 Å². The Morgan fingerprint density at radius 2 is 2.00 bits per heavy atom. The summed E-state index contributed by atoms with van der Waals surface area (Å²) in [4.78, 5) is 1.14. The molecule has 1 heterocycles. The van der Waals surface area contributed by atoms with Gasteiger partial charge in [-0.25, -0.2) is 0 Å². The number of hydrogen-bond acceptors (Lipinski definition) is 3. The van der Waals surface area contributed by atoms with Crippen molar-refractivity contribution in [3.05, 3.63) is 57.8 Å². The van der Waals surface area contributed by atoms with Crippen LogP contribution in [0.3, 0.4) is 0 Å². The molecule has 0 radical (unpaired) electrons. The maximum absolute atomic E-state index is 8.99. The van der Waals surface area contributed by atoms with Crippen LogP contribution in [0, 0.1) is 0 Å². The van der Waals surface area contributed by atoms with E-state index in [0.29, 0.717) is 5.92 Å². The normalized spacial score (nSPS) is 21.2. The number of fused-ring (bicyclic) bond motifs is 1. The zero-order valence-electron chi connectivity index (χ0n) is 8.63. The van der Waals surface area contributed by atoms with Crippen LogP contribution in [0.1, 0.15) is 28.3 Å². The van der Waals surface area contributed by atoms with E-state index in [-0.39, 0.29) is 0 Å². The van der Waals surface area contributed by atoms with Crippen molar-refractivity contribution in [3.63, 3.8) is 0 Å². The molecule has 16 heavy (non-hydrogen) atoms. The lowest BCUT2D eigenvalue weighted by Gasteiger charge is -2.09. The lowest BCUT2D eigenvalue weighted by molar-refractivity contribution is 0.318. The smallest absolute Gasteiger partial charge is 0.0979 e. The first kappa shape index (κ1) is 9.60. The van der Waals surface area contributed by atoms with Gasteiger partial charge in [-0.05, 0) is 22.6 Å². The van der Waals surface area contributed by atoms with Crippen LogP contribution in [0.5, 0.6) is 0 Å². The zero-order valence-corrected chi connectivity index (χ0v) is 9.45. The van der Waals surface area contributed by atoms with Crippen molar-refractivity contribution in [2.75, 3.05) is 0 Å². The minimum absolute atomic E-state index is 0.355. The second kappa shape index (κ2) is 3.76. The molecule has 2 aromatic rings. The highest BCUT2D eigenvalue weighted by Crippen LogP contribution is 2.40. The van der Waals surface area contributed by atoms with E-state index in [9.17, 15) is 0 Å². The number of benzene rings is 1. The van der Waals surface area contributed by atoms with Crippen molar-refractivity contribution in [3.8, 4) is 0 Å². The highest BCUT2D eigenvalue weighted by molar-refractivity contribution is 7.12. The van der Waals surface area contributed by atoms with Crippen LogP contribution in [0.15, 0.2) is 46.9 Å². The molecule has 1 aliphatic rings. The molecule has 0 saturated heterocycles. The molecule has 80 valence electrons. The molecule has 1 aromatic heterocycles. The molecule has 1 aliphatic carbocycles. The highest BCUT2D eigenvalue weighted by Gasteiger charge is 2.30. The molecule has 3 rings (SSSR count). The highest BCUT2D eigenvalue weighted by atomic mass is 32.1. The van der Waals surface area contributed by atoms with E-state index < -0.39 is 0 Å². The van der Waals surface area contributed by atoms with Crippen molar-refractivity contribution < 1.29 is 5.21 Å². The molecule has 3 heteroatoms. The van der Waals surface area contributed by atoms with Crippen LogP contribution in [0.2, 0.25) is 0 Å². The Labute approximate surface area is 97.9 Å². The third kappa shape index (κ3) is 1.36. The van der Waals surface area contributed by atoms with Gasteiger partial charge in [0.25, 0.3) is 0 Å². The quantitative estimate of drug-likeness (QED) is 0.589. The molecular formula is C13H11NOS. The van der Waals surface area contributed by atoms with Crippen LogP contribution < -0.4 is 0 Å². The first-order valence-electron chi connectivity index (χ1n) is 5.24. The second-order valence-corrected chi connectivity index (χ2v) is 4.84. The molecule has 0 bridgehead atoms. The summed E-state index contributed by atoms with van der Waals surface area (Å²) in [5.74, 6) is 0.355. The van der Waals surface area contributed by atoms with Crippen molar-refractivity contribution in [2.45, 2.75) is 12.3 Å². The Balaban J connectivity index is 2.08. The SMILES string of the molecule is O/N=C1\C[C@@H](c2ccccc2)c2ccsc21. The monoisotopic (exact) mass is 229 g/mol. The van der Waals surface area contributed by atoms with E-state index in [0.717, 1.165) is 17.0 Å². The van der Waals surface area contributed by atoms with Gasteiger partial charge in [-0.1, -0.05) is 35.5 Å². The van der Waals surface area contributed by atoms with Crippen LogP contribution in [-0.4, -0.2) is 10.9 Å². The van der Waals surface area contributed by atoms with Crippen LogP contribution in [0.25, 0.3) is 0 Å². The summed E-state index contributed by atoms with van der Waals surface area (Å²) in [7, 11) is 0. The minimum atomic E-state index is 0.355. The van der Waals surface area contributed by atoms with E-state index in [1.807, 2.05) is 6.07 Å². The van der Waals surface area contributed by atoms with Crippen LogP contribution in [-0.2, 0) is 0 Å². The van der Waals surface area contributed by atoms with E-state index in [2.05, 4.69) is 40.9 Å². The van der Waals surface area contributed by atoms with Gasteiger partial charge < -0.3 is 5.21 Å². The summed E-state index contributed by atoms with van der Waals surface area (Å²) >= 11 is 1.65. The van der Waals surface area contributed by atoms with E-state index in [1.54, 1.807) is 11.3 Å². The second-order valence-electron chi connectivity index (χ2n) is 3.92. The molecule has 0 amide bonds. The summed E-state index contributed by atoms with van der Waals surface area (Å²) in [6.07, 6.45) is 0.808. The van der Waals surface area contributed by atoms with Gasteiger partial charge in [0.05, 0.1) is 10.6 Å².